The van der Waals surface area contributed by atoms with Crippen LogP contribution >= 0.6 is 0 Å². The molecular formula is C31H40N6O3S. The SMILES string of the molecule is CCCCCCCc1nc2c(C)cc(C)nc2n1-c1ccc(CCNC(=O)NS(=O)(=O)c2ccc(CN)cc2)cc1. The first kappa shape index (κ1) is 30.2. The second-order valence-electron chi connectivity index (χ2n) is 10.4. The number of amides is 2. The van der Waals surface area contributed by atoms with Gasteiger partial charge in [0.15, 0.2) is 5.65 Å². The molecule has 2 amide bonds. The van der Waals surface area contributed by atoms with Crippen molar-refractivity contribution in [1.29, 1.82) is 0 Å². The highest BCUT2D eigenvalue weighted by Gasteiger charge is 2.18. The quantitative estimate of drug-likeness (QED) is 0.187. The van der Waals surface area contributed by atoms with E-state index in [1.54, 1.807) is 12.1 Å². The number of unbranched alkanes of at least 4 members (excludes halogenated alkanes) is 4. The van der Waals surface area contributed by atoms with E-state index in [-0.39, 0.29) is 11.4 Å². The van der Waals surface area contributed by atoms with Crippen molar-refractivity contribution in [2.75, 3.05) is 6.54 Å². The van der Waals surface area contributed by atoms with Gasteiger partial charge in [-0.2, -0.15) is 0 Å². The Labute approximate surface area is 242 Å². The largest absolute Gasteiger partial charge is 0.337 e. The minimum Gasteiger partial charge on any atom is -0.337 e. The standard InChI is InChI=1S/C31H40N6O3S/c1-4-5-6-7-8-9-28-35-29-22(2)20-23(3)34-30(29)37(28)26-14-10-24(11-15-26)18-19-33-31(38)36-41(39,40)27-16-12-25(21-32)13-17-27/h10-17,20H,4-9,18-19,21,32H2,1-3H3,(H2,33,36,38). The summed E-state index contributed by atoms with van der Waals surface area (Å²) in [4.78, 5) is 22.1. The monoisotopic (exact) mass is 576 g/mol. The van der Waals surface area contributed by atoms with Crippen LogP contribution in [0.25, 0.3) is 16.9 Å². The maximum absolute atomic E-state index is 12.5. The highest BCUT2D eigenvalue weighted by atomic mass is 32.2. The summed E-state index contributed by atoms with van der Waals surface area (Å²) in [5.41, 5.74) is 12.3. The number of hydrogen-bond acceptors (Lipinski definition) is 6. The van der Waals surface area contributed by atoms with Crippen molar-refractivity contribution < 1.29 is 13.2 Å². The molecule has 0 bridgehead atoms. The smallest absolute Gasteiger partial charge is 0.328 e. The molecule has 4 N–H and O–H groups in total. The lowest BCUT2D eigenvalue weighted by Gasteiger charge is -2.11. The summed E-state index contributed by atoms with van der Waals surface area (Å²) in [5, 5.41) is 2.63. The molecule has 0 spiro atoms. The second kappa shape index (κ2) is 13.7. The zero-order valence-electron chi connectivity index (χ0n) is 24.1. The van der Waals surface area contributed by atoms with Gasteiger partial charge in [-0.1, -0.05) is 56.9 Å². The molecular weight excluding hydrogens is 536 g/mol. The lowest BCUT2D eigenvalue weighted by Crippen LogP contribution is -2.40. The predicted octanol–water partition coefficient (Wildman–Crippen LogP) is 5.24. The molecule has 0 saturated carbocycles. The number of urea groups is 1. The molecule has 0 saturated heterocycles. The van der Waals surface area contributed by atoms with Crippen LogP contribution in [0.4, 0.5) is 4.79 Å². The maximum atomic E-state index is 12.5. The minimum absolute atomic E-state index is 0.00710. The molecule has 2 aromatic heterocycles. The third-order valence-corrected chi connectivity index (χ3v) is 8.44. The van der Waals surface area contributed by atoms with Crippen molar-refractivity contribution in [1.82, 2.24) is 24.6 Å². The van der Waals surface area contributed by atoms with E-state index >= 15 is 0 Å². The summed E-state index contributed by atoms with van der Waals surface area (Å²) >= 11 is 0. The maximum Gasteiger partial charge on any atom is 0.328 e. The summed E-state index contributed by atoms with van der Waals surface area (Å²) in [7, 11) is -3.97. The van der Waals surface area contributed by atoms with Gasteiger partial charge >= 0.3 is 6.03 Å². The molecule has 10 heteroatoms. The number of carbonyl (C=O) groups is 1. The van der Waals surface area contributed by atoms with Gasteiger partial charge in [0.05, 0.1) is 4.90 Å². The van der Waals surface area contributed by atoms with Crippen LogP contribution in [0, 0.1) is 13.8 Å². The zero-order chi connectivity index (χ0) is 29.4. The van der Waals surface area contributed by atoms with Gasteiger partial charge in [0.2, 0.25) is 0 Å². The zero-order valence-corrected chi connectivity index (χ0v) is 24.9. The van der Waals surface area contributed by atoms with Gasteiger partial charge in [-0.25, -0.2) is 27.9 Å². The van der Waals surface area contributed by atoms with Gasteiger partial charge in [-0.15, -0.1) is 0 Å². The number of fused-ring (bicyclic) bond motifs is 1. The van der Waals surface area contributed by atoms with Crippen LogP contribution in [0.3, 0.4) is 0 Å². The van der Waals surface area contributed by atoms with E-state index in [0.29, 0.717) is 13.0 Å². The van der Waals surface area contributed by atoms with Crippen LogP contribution in [-0.4, -0.2) is 35.5 Å². The van der Waals surface area contributed by atoms with Crippen LogP contribution in [0.1, 0.15) is 67.2 Å². The van der Waals surface area contributed by atoms with Crippen LogP contribution in [0.15, 0.2) is 59.5 Å². The van der Waals surface area contributed by atoms with E-state index in [9.17, 15) is 13.2 Å². The van der Waals surface area contributed by atoms with E-state index in [1.165, 1.54) is 37.8 Å². The number of sulfonamides is 1. The number of nitrogens with two attached hydrogens (primary N) is 1. The van der Waals surface area contributed by atoms with Crippen molar-refractivity contribution in [2.45, 2.75) is 77.2 Å². The summed E-state index contributed by atoms with van der Waals surface area (Å²) in [6.45, 7) is 6.89. The number of imidazole rings is 1. The van der Waals surface area contributed by atoms with Crippen LogP contribution in [-0.2, 0) is 29.4 Å². The van der Waals surface area contributed by atoms with E-state index in [0.717, 1.165) is 57.9 Å². The number of nitrogens with zero attached hydrogens (tertiary/aromatic N) is 3. The number of carbonyl (C=O) groups excluding carboxylic acids is 1. The molecule has 0 aliphatic rings. The third kappa shape index (κ3) is 7.71. The summed E-state index contributed by atoms with van der Waals surface area (Å²) in [5.74, 6) is 1.02. The topological polar surface area (TPSA) is 132 Å². The number of nitrogens with one attached hydrogen (secondary N) is 2. The highest BCUT2D eigenvalue weighted by Crippen LogP contribution is 2.25. The number of hydrogen-bond donors (Lipinski definition) is 3. The highest BCUT2D eigenvalue weighted by molar-refractivity contribution is 7.90. The van der Waals surface area contributed by atoms with Crippen molar-refractivity contribution >= 4 is 27.2 Å². The van der Waals surface area contributed by atoms with Gasteiger partial charge < -0.3 is 11.1 Å². The summed E-state index contributed by atoms with van der Waals surface area (Å²) < 4.78 is 29.2. The van der Waals surface area contributed by atoms with Crippen LogP contribution in [0.5, 0.6) is 0 Å². The molecule has 4 rings (SSSR count). The Bertz CT molecular complexity index is 1580. The molecule has 0 radical (unpaired) electrons. The number of aryl methyl sites for hydroxylation is 3. The van der Waals surface area contributed by atoms with E-state index in [4.69, 9.17) is 15.7 Å². The van der Waals surface area contributed by atoms with E-state index in [1.807, 2.05) is 31.2 Å². The lowest BCUT2D eigenvalue weighted by molar-refractivity contribution is 0.246. The molecule has 2 aromatic carbocycles. The number of aromatic nitrogens is 3. The van der Waals surface area contributed by atoms with Crippen molar-refractivity contribution in [3.63, 3.8) is 0 Å². The molecule has 9 nitrogen and oxygen atoms in total. The van der Waals surface area contributed by atoms with Gasteiger partial charge in [0.25, 0.3) is 10.0 Å². The predicted molar refractivity (Wildman–Crippen MR) is 163 cm³/mol. The molecule has 0 atom stereocenters. The second-order valence-corrected chi connectivity index (χ2v) is 12.1. The molecule has 0 aliphatic carbocycles. The lowest BCUT2D eigenvalue weighted by atomic mass is 10.1. The average molecular weight is 577 g/mol. The fourth-order valence-electron chi connectivity index (χ4n) is 4.89. The Morgan fingerprint density at radius 1 is 0.902 bits per heavy atom. The van der Waals surface area contributed by atoms with Crippen LogP contribution in [0.2, 0.25) is 0 Å². The Hall–Kier alpha value is -3.76. The average Bonchev–Trinajstić information content (AvgIpc) is 3.31. The molecule has 0 fully saturated rings. The van der Waals surface area contributed by atoms with Gasteiger partial charge in [-0.05, 0) is 73.7 Å². The normalized spacial score (nSPS) is 11.6. The van der Waals surface area contributed by atoms with Gasteiger partial charge in [0.1, 0.15) is 11.3 Å². The van der Waals surface area contributed by atoms with E-state index < -0.39 is 16.1 Å². The van der Waals surface area contributed by atoms with Crippen LogP contribution < -0.4 is 15.8 Å². The fourth-order valence-corrected chi connectivity index (χ4v) is 5.81. The fraction of sp³-hybridized carbons (Fsp3) is 0.387. The number of benzene rings is 2. The van der Waals surface area contributed by atoms with Crippen molar-refractivity contribution in [3.05, 3.63) is 82.8 Å². The molecule has 218 valence electrons. The Morgan fingerprint density at radius 3 is 2.27 bits per heavy atom. The van der Waals surface area contributed by atoms with Gasteiger partial charge in [0, 0.05) is 30.9 Å². The number of rotatable bonds is 13. The van der Waals surface area contributed by atoms with Crippen molar-refractivity contribution in [3.8, 4) is 5.69 Å². The van der Waals surface area contributed by atoms with Crippen molar-refractivity contribution in [2.24, 2.45) is 5.73 Å². The first-order valence-corrected chi connectivity index (χ1v) is 15.7. The summed E-state index contributed by atoms with van der Waals surface area (Å²) in [6.07, 6.45) is 7.42. The number of pyridine rings is 1. The molecule has 41 heavy (non-hydrogen) atoms. The minimum atomic E-state index is -3.97. The van der Waals surface area contributed by atoms with E-state index in [2.05, 4.69) is 34.5 Å². The molecule has 0 unspecified atom stereocenters. The summed E-state index contributed by atoms with van der Waals surface area (Å²) in [6, 6.07) is 15.5. The Balaban J connectivity index is 1.40. The third-order valence-electron chi connectivity index (χ3n) is 7.10. The molecule has 0 aliphatic heterocycles. The molecule has 4 aromatic rings. The Kier molecular flexibility index (Phi) is 10.1. The first-order valence-electron chi connectivity index (χ1n) is 14.3. The molecule has 2 heterocycles. The van der Waals surface area contributed by atoms with Gasteiger partial charge in [-0.3, -0.25) is 4.57 Å². The first-order chi connectivity index (χ1) is 19.7. The Morgan fingerprint density at radius 2 is 1.59 bits per heavy atom.